The summed E-state index contributed by atoms with van der Waals surface area (Å²) in [5, 5.41) is 11.9. The number of hydrogen-bond acceptors (Lipinski definition) is 5. The van der Waals surface area contributed by atoms with E-state index in [1.807, 2.05) is 36.6 Å². The van der Waals surface area contributed by atoms with E-state index in [2.05, 4.69) is 27.6 Å². The average molecular weight is 409 g/mol. The Morgan fingerprint density at radius 1 is 1.07 bits per heavy atom. The minimum absolute atomic E-state index is 0.00277. The summed E-state index contributed by atoms with van der Waals surface area (Å²) in [6, 6.07) is 17.0. The van der Waals surface area contributed by atoms with Gasteiger partial charge in [0.1, 0.15) is 5.82 Å². The monoisotopic (exact) mass is 408 g/mol. The van der Waals surface area contributed by atoms with E-state index in [1.54, 1.807) is 24.3 Å². The van der Waals surface area contributed by atoms with Crippen LogP contribution in [0.4, 0.5) is 5.69 Å². The zero-order valence-corrected chi connectivity index (χ0v) is 17.6. The van der Waals surface area contributed by atoms with Gasteiger partial charge in [0.2, 0.25) is 5.91 Å². The number of carbonyl (C=O) groups is 2. The van der Waals surface area contributed by atoms with Gasteiger partial charge in [-0.15, -0.1) is 10.2 Å². The molecule has 0 aliphatic rings. The van der Waals surface area contributed by atoms with Gasteiger partial charge >= 0.3 is 0 Å². The summed E-state index contributed by atoms with van der Waals surface area (Å²) in [4.78, 5) is 23.9. The molecule has 0 saturated carbocycles. The molecule has 0 bridgehead atoms. The van der Waals surface area contributed by atoms with Gasteiger partial charge in [-0.25, -0.2) is 0 Å². The minimum Gasteiger partial charge on any atom is -0.325 e. The lowest BCUT2D eigenvalue weighted by Gasteiger charge is -2.13. The molecule has 1 heterocycles. The largest absolute Gasteiger partial charge is 0.325 e. The molecule has 1 aromatic heterocycles. The van der Waals surface area contributed by atoms with E-state index >= 15 is 0 Å². The van der Waals surface area contributed by atoms with E-state index in [-0.39, 0.29) is 16.9 Å². The predicted octanol–water partition coefficient (Wildman–Crippen LogP) is 4.21. The fraction of sp³-hybridized carbons (Fsp3) is 0.273. The molecule has 0 spiro atoms. The summed E-state index contributed by atoms with van der Waals surface area (Å²) in [5.41, 5.74) is 2.45. The van der Waals surface area contributed by atoms with E-state index < -0.39 is 0 Å². The van der Waals surface area contributed by atoms with Gasteiger partial charge < -0.3 is 9.88 Å². The van der Waals surface area contributed by atoms with Gasteiger partial charge in [0.15, 0.2) is 10.9 Å². The number of rotatable bonds is 8. The van der Waals surface area contributed by atoms with Crippen molar-refractivity contribution in [3.63, 3.8) is 0 Å². The first-order valence-corrected chi connectivity index (χ1v) is 10.4. The van der Waals surface area contributed by atoms with E-state index in [1.165, 1.54) is 24.2 Å². The summed E-state index contributed by atoms with van der Waals surface area (Å²) in [6.45, 7) is 6.14. The fourth-order valence-electron chi connectivity index (χ4n) is 2.88. The van der Waals surface area contributed by atoms with Crippen molar-refractivity contribution in [2.24, 2.45) is 0 Å². The number of aromatic nitrogens is 3. The third kappa shape index (κ3) is 5.32. The number of anilines is 1. The van der Waals surface area contributed by atoms with Gasteiger partial charge in [0, 0.05) is 24.2 Å². The van der Waals surface area contributed by atoms with Crippen LogP contribution in [0.5, 0.6) is 0 Å². The minimum atomic E-state index is -0.346. The van der Waals surface area contributed by atoms with Gasteiger partial charge in [-0.05, 0) is 50.6 Å². The van der Waals surface area contributed by atoms with E-state index in [9.17, 15) is 9.59 Å². The summed E-state index contributed by atoms with van der Waals surface area (Å²) in [7, 11) is 0. The van der Waals surface area contributed by atoms with E-state index in [0.29, 0.717) is 17.7 Å². The summed E-state index contributed by atoms with van der Waals surface area (Å²) >= 11 is 1.38. The van der Waals surface area contributed by atoms with Gasteiger partial charge in [-0.3, -0.25) is 9.59 Å². The topological polar surface area (TPSA) is 76.9 Å². The van der Waals surface area contributed by atoms with Crippen LogP contribution in [-0.2, 0) is 17.8 Å². The third-order valence-electron chi connectivity index (χ3n) is 4.53. The molecule has 3 rings (SSSR count). The van der Waals surface area contributed by atoms with Crippen LogP contribution in [0.1, 0.15) is 42.5 Å². The molecule has 1 amide bonds. The van der Waals surface area contributed by atoms with Crippen molar-refractivity contribution in [1.82, 2.24) is 14.8 Å². The highest BCUT2D eigenvalue weighted by molar-refractivity contribution is 8.00. The Bertz CT molecular complexity index is 984. The molecule has 0 saturated heterocycles. The van der Waals surface area contributed by atoms with Crippen molar-refractivity contribution >= 4 is 29.1 Å². The maximum atomic E-state index is 12.6. The summed E-state index contributed by atoms with van der Waals surface area (Å²) in [5.74, 6) is 0.756. The maximum Gasteiger partial charge on any atom is 0.237 e. The van der Waals surface area contributed by atoms with E-state index in [4.69, 9.17) is 0 Å². The molecule has 7 heteroatoms. The normalized spacial score (nSPS) is 11.8. The Morgan fingerprint density at radius 2 is 1.76 bits per heavy atom. The van der Waals surface area contributed by atoms with Crippen molar-refractivity contribution in [3.05, 3.63) is 71.5 Å². The molecule has 29 heavy (non-hydrogen) atoms. The molecule has 1 atom stereocenters. The molecular formula is C22H24N4O2S. The van der Waals surface area contributed by atoms with Crippen molar-refractivity contribution in [1.29, 1.82) is 0 Å². The van der Waals surface area contributed by atoms with Crippen LogP contribution in [0.25, 0.3) is 0 Å². The molecular weight excluding hydrogens is 384 g/mol. The van der Waals surface area contributed by atoms with Crippen LogP contribution < -0.4 is 5.32 Å². The number of hydrogen-bond donors (Lipinski definition) is 1. The lowest BCUT2D eigenvalue weighted by molar-refractivity contribution is -0.115. The van der Waals surface area contributed by atoms with Crippen LogP contribution in [0.15, 0.2) is 59.8 Å². The average Bonchev–Trinajstić information content (AvgIpc) is 3.10. The number of Topliss-reactive ketones (excluding diaryl/α,β-unsaturated/α-hetero) is 1. The van der Waals surface area contributed by atoms with E-state index in [0.717, 1.165) is 17.5 Å². The molecule has 0 unspecified atom stereocenters. The Hall–Kier alpha value is -2.93. The van der Waals surface area contributed by atoms with Gasteiger partial charge in [-0.1, -0.05) is 42.1 Å². The first-order chi connectivity index (χ1) is 14.0. The number of nitrogens with zero attached hydrogens (tertiary/aromatic N) is 3. The summed E-state index contributed by atoms with van der Waals surface area (Å²) in [6.07, 6.45) is 0.700. The standard InChI is InChI=1S/C22H24N4O2S/c1-4-26-20(14-17-8-6-5-7-9-17)24-25-22(26)29-16(3)21(28)23-19-12-10-18(11-13-19)15(2)27/h5-13,16H,4,14H2,1-3H3,(H,23,28)/t16-/m1/s1. The second kappa shape index (κ2) is 9.52. The van der Waals surface area contributed by atoms with Crippen molar-refractivity contribution < 1.29 is 9.59 Å². The number of nitrogens with one attached hydrogen (secondary N) is 1. The SMILES string of the molecule is CCn1c(Cc2ccccc2)nnc1S[C@H](C)C(=O)Nc1ccc(C(C)=O)cc1. The smallest absolute Gasteiger partial charge is 0.237 e. The van der Waals surface area contributed by atoms with Crippen LogP contribution in [0.3, 0.4) is 0 Å². The Morgan fingerprint density at radius 3 is 2.38 bits per heavy atom. The first kappa shape index (κ1) is 20.8. The first-order valence-electron chi connectivity index (χ1n) is 9.52. The molecule has 6 nitrogen and oxygen atoms in total. The number of thioether (sulfide) groups is 1. The number of amides is 1. The molecule has 0 radical (unpaired) electrons. The zero-order valence-electron chi connectivity index (χ0n) is 16.8. The Labute approximate surface area is 174 Å². The quantitative estimate of drug-likeness (QED) is 0.446. The van der Waals surface area contributed by atoms with Crippen molar-refractivity contribution in [2.75, 3.05) is 5.32 Å². The van der Waals surface area contributed by atoms with Gasteiger partial charge in [-0.2, -0.15) is 0 Å². The fourth-order valence-corrected chi connectivity index (χ4v) is 3.81. The van der Waals surface area contributed by atoms with Gasteiger partial charge in [0.05, 0.1) is 5.25 Å². The second-order valence-electron chi connectivity index (χ2n) is 6.69. The molecule has 0 aliphatic heterocycles. The highest BCUT2D eigenvalue weighted by Crippen LogP contribution is 2.24. The second-order valence-corrected chi connectivity index (χ2v) is 8.00. The van der Waals surface area contributed by atoms with Crippen molar-refractivity contribution in [3.8, 4) is 0 Å². The third-order valence-corrected chi connectivity index (χ3v) is 5.61. The zero-order chi connectivity index (χ0) is 20.8. The highest BCUT2D eigenvalue weighted by atomic mass is 32.2. The molecule has 0 aliphatic carbocycles. The molecule has 0 fully saturated rings. The van der Waals surface area contributed by atoms with Crippen molar-refractivity contribution in [2.45, 2.75) is 44.1 Å². The molecule has 2 aromatic carbocycles. The van der Waals surface area contributed by atoms with Crippen LogP contribution in [0, 0.1) is 0 Å². The lowest BCUT2D eigenvalue weighted by Crippen LogP contribution is -2.23. The predicted molar refractivity (Wildman–Crippen MR) is 115 cm³/mol. The van der Waals surface area contributed by atoms with Crippen LogP contribution in [0.2, 0.25) is 0 Å². The Kier molecular flexibility index (Phi) is 6.82. The number of carbonyl (C=O) groups excluding carboxylic acids is 2. The summed E-state index contributed by atoms with van der Waals surface area (Å²) < 4.78 is 2.04. The molecule has 1 N–H and O–H groups in total. The van der Waals surface area contributed by atoms with Gasteiger partial charge in [0.25, 0.3) is 0 Å². The number of benzene rings is 2. The highest BCUT2D eigenvalue weighted by Gasteiger charge is 2.20. The molecule has 3 aromatic rings. The van der Waals surface area contributed by atoms with Crippen LogP contribution >= 0.6 is 11.8 Å². The van der Waals surface area contributed by atoms with Crippen LogP contribution in [-0.4, -0.2) is 31.7 Å². The molecule has 150 valence electrons. The number of ketones is 1. The Balaban J connectivity index is 1.65. The maximum absolute atomic E-state index is 12.6. The lowest BCUT2D eigenvalue weighted by atomic mass is 10.1.